The minimum absolute atomic E-state index is 0.210. The molecule has 142 valence electrons. The Hall–Kier alpha value is -3.45. The van der Waals surface area contributed by atoms with Gasteiger partial charge in [0.15, 0.2) is 0 Å². The van der Waals surface area contributed by atoms with Crippen LogP contribution in [0.4, 0.5) is 11.4 Å². The highest BCUT2D eigenvalue weighted by molar-refractivity contribution is 6.30. The van der Waals surface area contributed by atoms with Gasteiger partial charge in [0.1, 0.15) is 6.54 Å². The molecule has 8 heteroatoms. The lowest BCUT2D eigenvalue weighted by molar-refractivity contribution is -0.117. The molecule has 0 fully saturated rings. The van der Waals surface area contributed by atoms with Gasteiger partial charge in [0, 0.05) is 35.0 Å². The summed E-state index contributed by atoms with van der Waals surface area (Å²) in [5.74, 6) is -0.624. The lowest BCUT2D eigenvalue weighted by atomic mass is 10.1. The molecule has 0 aliphatic carbocycles. The molecular formula is C20H17ClN4O3. The lowest BCUT2D eigenvalue weighted by Gasteiger charge is -2.10. The number of anilines is 2. The maximum atomic E-state index is 12.3. The van der Waals surface area contributed by atoms with Gasteiger partial charge in [-0.2, -0.15) is 5.10 Å². The van der Waals surface area contributed by atoms with E-state index in [-0.39, 0.29) is 18.0 Å². The summed E-state index contributed by atoms with van der Waals surface area (Å²) < 4.78 is 1.09. The zero-order chi connectivity index (χ0) is 20.1. The standard InChI is InChI=1S/C20H17ClN4O3/c1-13(26)22-16-3-2-4-17(11-16)23-19(27)12-25-20(28)10-9-18(24-25)14-5-7-15(21)8-6-14/h2-11H,12H2,1H3,(H,22,26)(H,23,27). The molecule has 0 spiro atoms. The Kier molecular flexibility index (Phi) is 5.86. The summed E-state index contributed by atoms with van der Waals surface area (Å²) in [6, 6.07) is 16.7. The predicted octanol–water partition coefficient (Wildman–Crippen LogP) is 3.16. The summed E-state index contributed by atoms with van der Waals surface area (Å²) in [6.45, 7) is 1.15. The number of benzene rings is 2. The first-order valence-corrected chi connectivity index (χ1v) is 8.80. The Balaban J connectivity index is 1.75. The molecule has 0 unspecified atom stereocenters. The lowest BCUT2D eigenvalue weighted by Crippen LogP contribution is -2.29. The van der Waals surface area contributed by atoms with Crippen molar-refractivity contribution in [1.29, 1.82) is 0 Å². The van der Waals surface area contributed by atoms with E-state index in [1.54, 1.807) is 54.6 Å². The second kappa shape index (κ2) is 8.49. The number of rotatable bonds is 5. The molecule has 7 nitrogen and oxygen atoms in total. The maximum absolute atomic E-state index is 12.3. The fourth-order valence-electron chi connectivity index (χ4n) is 2.55. The monoisotopic (exact) mass is 396 g/mol. The van der Waals surface area contributed by atoms with Crippen LogP contribution in [0.1, 0.15) is 6.92 Å². The van der Waals surface area contributed by atoms with Crippen molar-refractivity contribution >= 4 is 34.8 Å². The third kappa shape index (κ3) is 5.05. The molecule has 0 aliphatic heterocycles. The normalized spacial score (nSPS) is 10.4. The van der Waals surface area contributed by atoms with Crippen molar-refractivity contribution in [2.75, 3.05) is 10.6 Å². The van der Waals surface area contributed by atoms with Crippen LogP contribution in [-0.4, -0.2) is 21.6 Å². The van der Waals surface area contributed by atoms with Crippen LogP contribution >= 0.6 is 11.6 Å². The summed E-state index contributed by atoms with van der Waals surface area (Å²) in [6.07, 6.45) is 0. The number of hydrogen-bond donors (Lipinski definition) is 2. The predicted molar refractivity (Wildman–Crippen MR) is 108 cm³/mol. The van der Waals surface area contributed by atoms with E-state index < -0.39 is 5.91 Å². The number of nitrogens with zero attached hydrogens (tertiary/aromatic N) is 2. The number of carbonyl (C=O) groups is 2. The average Bonchev–Trinajstić information content (AvgIpc) is 2.64. The smallest absolute Gasteiger partial charge is 0.267 e. The molecule has 3 aromatic rings. The third-order valence-corrected chi connectivity index (χ3v) is 4.02. The van der Waals surface area contributed by atoms with Crippen LogP contribution in [0.3, 0.4) is 0 Å². The number of hydrogen-bond acceptors (Lipinski definition) is 4. The van der Waals surface area contributed by atoms with Crippen molar-refractivity contribution in [2.24, 2.45) is 0 Å². The second-order valence-electron chi connectivity index (χ2n) is 6.03. The molecule has 1 heterocycles. The van der Waals surface area contributed by atoms with Crippen molar-refractivity contribution in [1.82, 2.24) is 9.78 Å². The SMILES string of the molecule is CC(=O)Nc1cccc(NC(=O)Cn2nc(-c3ccc(Cl)cc3)ccc2=O)c1. The number of nitrogens with one attached hydrogen (secondary N) is 2. The molecule has 2 N–H and O–H groups in total. The topological polar surface area (TPSA) is 93.1 Å². The van der Waals surface area contributed by atoms with Crippen LogP contribution in [0.25, 0.3) is 11.3 Å². The van der Waals surface area contributed by atoms with Gasteiger partial charge >= 0.3 is 0 Å². The molecule has 0 saturated carbocycles. The second-order valence-corrected chi connectivity index (χ2v) is 6.47. The molecule has 0 aliphatic rings. The summed E-state index contributed by atoms with van der Waals surface area (Å²) in [4.78, 5) is 35.6. The van der Waals surface area contributed by atoms with Crippen molar-refractivity contribution in [3.05, 3.63) is 76.0 Å². The fraction of sp³-hybridized carbons (Fsp3) is 0.100. The molecule has 0 radical (unpaired) electrons. The Morgan fingerprint density at radius 3 is 2.36 bits per heavy atom. The maximum Gasteiger partial charge on any atom is 0.267 e. The van der Waals surface area contributed by atoms with Crippen molar-refractivity contribution in [2.45, 2.75) is 13.5 Å². The van der Waals surface area contributed by atoms with E-state index in [0.717, 1.165) is 10.2 Å². The zero-order valence-corrected chi connectivity index (χ0v) is 15.7. The molecule has 0 atom stereocenters. The zero-order valence-electron chi connectivity index (χ0n) is 15.0. The van der Waals surface area contributed by atoms with Crippen LogP contribution in [-0.2, 0) is 16.1 Å². The third-order valence-electron chi connectivity index (χ3n) is 3.77. The van der Waals surface area contributed by atoms with Gasteiger partial charge in [0.2, 0.25) is 11.8 Å². The van der Waals surface area contributed by atoms with E-state index in [2.05, 4.69) is 15.7 Å². The van der Waals surface area contributed by atoms with Gasteiger partial charge in [0.05, 0.1) is 5.69 Å². The molecular weight excluding hydrogens is 380 g/mol. The van der Waals surface area contributed by atoms with E-state index >= 15 is 0 Å². The van der Waals surface area contributed by atoms with E-state index in [1.165, 1.54) is 13.0 Å². The number of halogens is 1. The van der Waals surface area contributed by atoms with Gasteiger partial charge in [-0.05, 0) is 36.4 Å². The largest absolute Gasteiger partial charge is 0.326 e. The van der Waals surface area contributed by atoms with E-state index in [1.807, 2.05) is 0 Å². The summed E-state index contributed by atoms with van der Waals surface area (Å²) in [5.41, 5.74) is 2.00. The molecule has 0 bridgehead atoms. The molecule has 0 saturated heterocycles. The average molecular weight is 397 g/mol. The van der Waals surface area contributed by atoms with Crippen LogP contribution in [0.2, 0.25) is 5.02 Å². The number of amides is 2. The summed E-state index contributed by atoms with van der Waals surface area (Å²) >= 11 is 5.89. The first-order valence-electron chi connectivity index (χ1n) is 8.42. The minimum atomic E-state index is -0.414. The van der Waals surface area contributed by atoms with Gasteiger partial charge in [-0.15, -0.1) is 0 Å². The highest BCUT2D eigenvalue weighted by Gasteiger charge is 2.09. The first kappa shape index (κ1) is 19.3. The summed E-state index contributed by atoms with van der Waals surface area (Å²) in [7, 11) is 0. The first-order chi connectivity index (χ1) is 13.4. The Morgan fingerprint density at radius 2 is 1.68 bits per heavy atom. The Morgan fingerprint density at radius 1 is 1.00 bits per heavy atom. The highest BCUT2D eigenvalue weighted by Crippen LogP contribution is 2.18. The van der Waals surface area contributed by atoms with Gasteiger partial charge in [0.25, 0.3) is 5.56 Å². The van der Waals surface area contributed by atoms with Crippen LogP contribution in [0.5, 0.6) is 0 Å². The molecule has 2 aromatic carbocycles. The minimum Gasteiger partial charge on any atom is -0.326 e. The van der Waals surface area contributed by atoms with E-state index in [0.29, 0.717) is 22.1 Å². The highest BCUT2D eigenvalue weighted by atomic mass is 35.5. The summed E-state index contributed by atoms with van der Waals surface area (Å²) in [5, 5.41) is 10.2. The van der Waals surface area contributed by atoms with E-state index in [4.69, 9.17) is 11.6 Å². The quantitative estimate of drug-likeness (QED) is 0.692. The van der Waals surface area contributed by atoms with Crippen molar-refractivity contribution in [3.63, 3.8) is 0 Å². The van der Waals surface area contributed by atoms with Gasteiger partial charge in [-0.25, -0.2) is 4.68 Å². The molecule has 1 aromatic heterocycles. The van der Waals surface area contributed by atoms with E-state index in [9.17, 15) is 14.4 Å². The molecule has 3 rings (SSSR count). The molecule has 28 heavy (non-hydrogen) atoms. The van der Waals surface area contributed by atoms with Crippen molar-refractivity contribution in [3.8, 4) is 11.3 Å². The number of carbonyl (C=O) groups excluding carboxylic acids is 2. The van der Waals surface area contributed by atoms with Crippen LogP contribution < -0.4 is 16.2 Å². The van der Waals surface area contributed by atoms with Crippen LogP contribution in [0.15, 0.2) is 65.5 Å². The Bertz CT molecular complexity index is 1080. The van der Waals surface area contributed by atoms with Gasteiger partial charge in [-0.3, -0.25) is 14.4 Å². The molecule has 2 amide bonds. The number of aromatic nitrogens is 2. The van der Waals surface area contributed by atoms with Crippen molar-refractivity contribution < 1.29 is 9.59 Å². The van der Waals surface area contributed by atoms with Gasteiger partial charge < -0.3 is 10.6 Å². The Labute approximate surface area is 166 Å². The van der Waals surface area contributed by atoms with Crippen LogP contribution in [0, 0.1) is 0 Å². The fourth-order valence-corrected chi connectivity index (χ4v) is 2.68. The van der Waals surface area contributed by atoms with Gasteiger partial charge in [-0.1, -0.05) is 29.8 Å².